The van der Waals surface area contributed by atoms with Gasteiger partial charge in [-0.3, -0.25) is 9.59 Å². The van der Waals surface area contributed by atoms with Gasteiger partial charge in [-0.25, -0.2) is 0 Å². The van der Waals surface area contributed by atoms with Crippen molar-refractivity contribution in [3.63, 3.8) is 0 Å². The average Bonchev–Trinajstić information content (AvgIpc) is 2.59. The number of aliphatic hydroxyl groups is 3. The molecule has 0 spiro atoms. The second kappa shape index (κ2) is 15.4. The number of aliphatic hydroxyl groups excluding tert-OH is 3. The van der Waals surface area contributed by atoms with Gasteiger partial charge in [0, 0.05) is 24.8 Å². The van der Waals surface area contributed by atoms with E-state index in [1.165, 1.54) is 25.7 Å². The molecule has 0 radical (unpaired) electrons. The Bertz CT molecular complexity index is 371. The summed E-state index contributed by atoms with van der Waals surface area (Å²) in [5, 5.41) is 30.2. The molecule has 2 amide bonds. The summed E-state index contributed by atoms with van der Waals surface area (Å²) in [5.74, 6) is -1.83. The van der Waals surface area contributed by atoms with Crippen LogP contribution in [-0.2, 0) is 9.59 Å². The van der Waals surface area contributed by atoms with Gasteiger partial charge in [-0.05, 0) is 6.42 Å². The van der Waals surface area contributed by atoms with Gasteiger partial charge < -0.3 is 25.5 Å². The molecule has 0 fully saturated rings. The Morgan fingerprint density at radius 1 is 1.08 bits per heavy atom. The van der Waals surface area contributed by atoms with E-state index in [2.05, 4.69) is 24.9 Å². The maximum atomic E-state index is 12.1. The number of hydrogen-bond donors (Lipinski definition) is 5. The largest absolute Gasteiger partial charge is 0.395 e. The van der Waals surface area contributed by atoms with Gasteiger partial charge in [0.1, 0.15) is 6.23 Å². The van der Waals surface area contributed by atoms with Gasteiger partial charge in [0.15, 0.2) is 0 Å². The third-order valence-corrected chi connectivity index (χ3v) is 4.40. The number of thiol groups is 1. The van der Waals surface area contributed by atoms with Crippen molar-refractivity contribution in [3.8, 4) is 0 Å². The molecule has 0 saturated heterocycles. The van der Waals surface area contributed by atoms with Crippen molar-refractivity contribution < 1.29 is 24.9 Å². The Hall–Kier alpha value is -0.830. The molecule has 0 aliphatic rings. The second-order valence-corrected chi connectivity index (χ2v) is 6.86. The highest BCUT2D eigenvalue weighted by Gasteiger charge is 2.27. The fourth-order valence-corrected chi connectivity index (χ4v) is 2.89. The van der Waals surface area contributed by atoms with Crippen LogP contribution >= 0.6 is 12.6 Å². The summed E-state index contributed by atoms with van der Waals surface area (Å²) < 4.78 is 0. The van der Waals surface area contributed by atoms with Crippen LogP contribution in [0.3, 0.4) is 0 Å². The normalized spacial score (nSPS) is 13.3. The molecule has 0 aromatic rings. The van der Waals surface area contributed by atoms with E-state index in [1.807, 2.05) is 0 Å². The van der Waals surface area contributed by atoms with Crippen LogP contribution in [0.2, 0.25) is 0 Å². The fraction of sp³-hybridized carbons (Fsp3) is 0.882. The van der Waals surface area contributed by atoms with E-state index in [4.69, 9.17) is 10.2 Å². The van der Waals surface area contributed by atoms with Gasteiger partial charge in [-0.2, -0.15) is 12.6 Å². The standard InChI is InChI=1S/C17H34N2O5S/c1-2-3-4-5-6-7-8-14(25)13-15(22)19(10-12-21)17(24)16(23)18-9-11-20/h14-15,20-22,25H,2-13H2,1H3,(H,18,23). The van der Waals surface area contributed by atoms with E-state index in [-0.39, 0.29) is 38.0 Å². The van der Waals surface area contributed by atoms with Crippen LogP contribution in [0.1, 0.15) is 58.3 Å². The number of unbranched alkanes of at least 4 members (excludes halogenated alkanes) is 5. The zero-order valence-electron chi connectivity index (χ0n) is 15.2. The number of amides is 2. The van der Waals surface area contributed by atoms with E-state index in [9.17, 15) is 14.7 Å². The van der Waals surface area contributed by atoms with Crippen molar-refractivity contribution in [2.24, 2.45) is 0 Å². The molecule has 0 bridgehead atoms. The molecular weight excluding hydrogens is 344 g/mol. The Balaban J connectivity index is 4.31. The Morgan fingerprint density at radius 3 is 2.32 bits per heavy atom. The van der Waals surface area contributed by atoms with Crippen molar-refractivity contribution in [3.05, 3.63) is 0 Å². The molecule has 0 aliphatic carbocycles. The maximum absolute atomic E-state index is 12.1. The van der Waals surface area contributed by atoms with Crippen LogP contribution in [0.15, 0.2) is 0 Å². The summed E-state index contributed by atoms with van der Waals surface area (Å²) in [6.45, 7) is 1.36. The van der Waals surface area contributed by atoms with Gasteiger partial charge in [0.25, 0.3) is 0 Å². The molecule has 0 aliphatic heterocycles. The zero-order valence-corrected chi connectivity index (χ0v) is 16.1. The molecule has 8 heteroatoms. The van der Waals surface area contributed by atoms with Crippen LogP contribution in [0.5, 0.6) is 0 Å². The van der Waals surface area contributed by atoms with E-state index < -0.39 is 18.0 Å². The number of carbonyl (C=O) groups excluding carboxylic acids is 2. The van der Waals surface area contributed by atoms with Crippen LogP contribution in [0.25, 0.3) is 0 Å². The first kappa shape index (κ1) is 24.2. The first-order chi connectivity index (χ1) is 12.0. The Labute approximate surface area is 156 Å². The van der Waals surface area contributed by atoms with E-state index in [0.29, 0.717) is 0 Å². The lowest BCUT2D eigenvalue weighted by Gasteiger charge is -2.28. The van der Waals surface area contributed by atoms with E-state index in [0.717, 1.165) is 24.2 Å². The van der Waals surface area contributed by atoms with Gasteiger partial charge >= 0.3 is 11.8 Å². The molecule has 148 valence electrons. The summed E-state index contributed by atoms with van der Waals surface area (Å²) >= 11 is 4.46. The number of hydrogen-bond acceptors (Lipinski definition) is 6. The van der Waals surface area contributed by atoms with Gasteiger partial charge in [-0.1, -0.05) is 45.4 Å². The third-order valence-electron chi connectivity index (χ3n) is 3.93. The minimum absolute atomic E-state index is 0.0408. The maximum Gasteiger partial charge on any atom is 0.313 e. The first-order valence-corrected chi connectivity index (χ1v) is 9.66. The third kappa shape index (κ3) is 11.4. The van der Waals surface area contributed by atoms with Crippen LogP contribution < -0.4 is 5.32 Å². The van der Waals surface area contributed by atoms with Crippen LogP contribution in [-0.4, -0.2) is 69.8 Å². The molecule has 0 heterocycles. The van der Waals surface area contributed by atoms with Crippen molar-refractivity contribution in [2.75, 3.05) is 26.3 Å². The van der Waals surface area contributed by atoms with E-state index in [1.54, 1.807) is 0 Å². The summed E-state index contributed by atoms with van der Waals surface area (Å²) in [4.78, 5) is 24.7. The molecule has 4 N–H and O–H groups in total. The predicted molar refractivity (Wildman–Crippen MR) is 100 cm³/mol. The minimum Gasteiger partial charge on any atom is -0.395 e. The van der Waals surface area contributed by atoms with Gasteiger partial charge in [0.05, 0.1) is 13.2 Å². The molecule has 7 nitrogen and oxygen atoms in total. The quantitative estimate of drug-likeness (QED) is 0.132. The number of carbonyl (C=O) groups is 2. The molecule has 2 atom stereocenters. The number of nitrogens with one attached hydrogen (secondary N) is 1. The molecule has 25 heavy (non-hydrogen) atoms. The minimum atomic E-state index is -1.18. The first-order valence-electron chi connectivity index (χ1n) is 9.14. The van der Waals surface area contributed by atoms with Gasteiger partial charge in [0.2, 0.25) is 0 Å². The molecule has 0 saturated carbocycles. The van der Waals surface area contributed by atoms with Crippen LogP contribution in [0.4, 0.5) is 0 Å². The van der Waals surface area contributed by atoms with Crippen LogP contribution in [0, 0.1) is 0 Å². The highest BCUT2D eigenvalue weighted by atomic mass is 32.1. The molecular formula is C17H34N2O5S. The van der Waals surface area contributed by atoms with Gasteiger partial charge in [-0.15, -0.1) is 0 Å². The van der Waals surface area contributed by atoms with Crippen molar-refractivity contribution in [1.29, 1.82) is 0 Å². The van der Waals surface area contributed by atoms with Crippen molar-refractivity contribution in [2.45, 2.75) is 69.8 Å². The smallest absolute Gasteiger partial charge is 0.313 e. The summed E-state index contributed by atoms with van der Waals surface area (Å²) in [6.07, 6.45) is 6.89. The molecule has 2 unspecified atom stereocenters. The second-order valence-electron chi connectivity index (χ2n) is 6.13. The summed E-state index contributed by atoms with van der Waals surface area (Å²) in [7, 11) is 0. The summed E-state index contributed by atoms with van der Waals surface area (Å²) in [6, 6.07) is 0. The highest BCUT2D eigenvalue weighted by molar-refractivity contribution is 7.80. The van der Waals surface area contributed by atoms with E-state index >= 15 is 0 Å². The number of rotatable bonds is 14. The SMILES string of the molecule is CCCCCCCCC(S)CC(O)N(CCO)C(=O)C(=O)NCCO. The van der Waals surface area contributed by atoms with Crippen molar-refractivity contribution >= 4 is 24.4 Å². The Morgan fingerprint density at radius 2 is 1.72 bits per heavy atom. The lowest BCUT2D eigenvalue weighted by molar-refractivity contribution is -0.153. The average molecular weight is 379 g/mol. The predicted octanol–water partition coefficient (Wildman–Crippen LogP) is 0.673. The highest BCUT2D eigenvalue weighted by Crippen LogP contribution is 2.17. The fourth-order valence-electron chi connectivity index (χ4n) is 2.52. The molecule has 0 rings (SSSR count). The molecule has 0 aromatic carbocycles. The molecule has 0 aromatic heterocycles. The number of nitrogens with zero attached hydrogens (tertiary/aromatic N) is 1. The van der Waals surface area contributed by atoms with Crippen molar-refractivity contribution in [1.82, 2.24) is 10.2 Å². The Kier molecular flexibility index (Phi) is 14.9. The monoisotopic (exact) mass is 378 g/mol. The lowest BCUT2D eigenvalue weighted by atomic mass is 10.1. The lowest BCUT2D eigenvalue weighted by Crippen LogP contribution is -2.50. The zero-order chi connectivity index (χ0) is 19.1. The topological polar surface area (TPSA) is 110 Å². The summed E-state index contributed by atoms with van der Waals surface area (Å²) in [5.41, 5.74) is 0.